The van der Waals surface area contributed by atoms with Crippen LogP contribution < -0.4 is 5.32 Å². The molecule has 0 bridgehead atoms. The highest BCUT2D eigenvalue weighted by atomic mass is 16.6. The van der Waals surface area contributed by atoms with Crippen LogP contribution in [0.5, 0.6) is 0 Å². The Labute approximate surface area is 246 Å². The third kappa shape index (κ3) is 7.10. The number of hydrogen-bond acceptors (Lipinski definition) is 4. The Morgan fingerprint density at radius 2 is 1.90 bits per heavy atom. The highest BCUT2D eigenvalue weighted by Gasteiger charge is 2.58. The summed E-state index contributed by atoms with van der Waals surface area (Å²) >= 11 is 0. The molecule has 4 aliphatic carbocycles. The minimum atomic E-state index is -0.289. The number of carbonyl (C=O) groups is 1. The maximum absolute atomic E-state index is 12.5. The average molecular weight is 559 g/mol. The van der Waals surface area contributed by atoms with Gasteiger partial charge in [0.15, 0.2) is 0 Å². The van der Waals surface area contributed by atoms with Crippen LogP contribution in [0.1, 0.15) is 112 Å². The predicted molar refractivity (Wildman–Crippen MR) is 165 cm³/mol. The molecule has 0 aromatic carbocycles. The molecule has 5 heteroatoms. The van der Waals surface area contributed by atoms with Crippen molar-refractivity contribution in [2.24, 2.45) is 46.3 Å². The van der Waals surface area contributed by atoms with Crippen LogP contribution in [-0.4, -0.2) is 57.5 Å². The second-order valence-corrected chi connectivity index (χ2v) is 15.0. The molecule has 1 N–H and O–H groups in total. The molecule has 4 aliphatic rings. The minimum Gasteiger partial charge on any atom is -0.446 e. The maximum atomic E-state index is 12.5. The van der Waals surface area contributed by atoms with Gasteiger partial charge in [-0.05, 0) is 112 Å². The average Bonchev–Trinajstić information content (AvgIpc) is 3.24. The lowest BCUT2D eigenvalue weighted by Gasteiger charge is -2.58. The minimum absolute atomic E-state index is 0.00744. The first kappa shape index (κ1) is 31.9. The number of amides is 1. The van der Waals surface area contributed by atoms with Crippen LogP contribution in [0.2, 0.25) is 0 Å². The Morgan fingerprint density at radius 1 is 1.10 bits per heavy atom. The summed E-state index contributed by atoms with van der Waals surface area (Å²) in [5, 5.41) is 2.89. The van der Waals surface area contributed by atoms with Gasteiger partial charge >= 0.3 is 6.09 Å². The second kappa shape index (κ2) is 13.9. The fraction of sp³-hybridized carbons (Fsp3) is 0.914. The number of rotatable bonds is 13. The van der Waals surface area contributed by atoms with Crippen LogP contribution in [0.3, 0.4) is 0 Å². The van der Waals surface area contributed by atoms with Gasteiger partial charge in [0.2, 0.25) is 0 Å². The maximum Gasteiger partial charge on any atom is 0.407 e. The first-order valence-corrected chi connectivity index (χ1v) is 16.9. The van der Waals surface area contributed by atoms with E-state index in [1.54, 1.807) is 5.57 Å². The third-order valence-electron chi connectivity index (χ3n) is 12.3. The van der Waals surface area contributed by atoms with Crippen molar-refractivity contribution in [3.8, 4) is 0 Å². The number of nitrogens with one attached hydrogen (secondary N) is 1. The summed E-state index contributed by atoms with van der Waals surface area (Å²) in [5.41, 5.74) is 2.43. The molecule has 0 radical (unpaired) electrons. The van der Waals surface area contributed by atoms with Crippen LogP contribution in [0, 0.1) is 46.3 Å². The van der Waals surface area contributed by atoms with E-state index in [-0.39, 0.29) is 12.2 Å². The van der Waals surface area contributed by atoms with Crippen molar-refractivity contribution < 1.29 is 14.3 Å². The molecule has 0 saturated heterocycles. The Kier molecular flexibility index (Phi) is 11.1. The molecule has 0 aromatic heterocycles. The lowest BCUT2D eigenvalue weighted by molar-refractivity contribution is -0.0520. The third-order valence-corrected chi connectivity index (χ3v) is 12.3. The largest absolute Gasteiger partial charge is 0.446 e. The van der Waals surface area contributed by atoms with E-state index in [2.05, 4.69) is 50.9 Å². The Morgan fingerprint density at radius 3 is 2.62 bits per heavy atom. The molecule has 3 unspecified atom stereocenters. The summed E-state index contributed by atoms with van der Waals surface area (Å²) < 4.78 is 11.5. The molecular formula is C35H62N2O3. The molecule has 0 spiro atoms. The Bertz CT molecular complexity index is 856. The molecule has 3 fully saturated rings. The zero-order valence-electron chi connectivity index (χ0n) is 27.1. The van der Waals surface area contributed by atoms with E-state index in [1.165, 1.54) is 57.8 Å². The summed E-state index contributed by atoms with van der Waals surface area (Å²) in [7, 11) is 4.06. The summed E-state index contributed by atoms with van der Waals surface area (Å²) in [6, 6.07) is 0. The van der Waals surface area contributed by atoms with Crippen molar-refractivity contribution in [3.05, 3.63) is 11.6 Å². The predicted octanol–water partition coefficient (Wildman–Crippen LogP) is 8.09. The van der Waals surface area contributed by atoms with Gasteiger partial charge in [0.1, 0.15) is 6.10 Å². The fourth-order valence-electron chi connectivity index (χ4n) is 9.71. The van der Waals surface area contributed by atoms with Crippen LogP contribution in [0.15, 0.2) is 11.6 Å². The van der Waals surface area contributed by atoms with Gasteiger partial charge in [-0.3, -0.25) is 0 Å². The van der Waals surface area contributed by atoms with Gasteiger partial charge in [-0.1, -0.05) is 65.5 Å². The van der Waals surface area contributed by atoms with Gasteiger partial charge < -0.3 is 19.7 Å². The highest BCUT2D eigenvalue weighted by molar-refractivity contribution is 5.67. The van der Waals surface area contributed by atoms with E-state index in [1.807, 2.05) is 14.1 Å². The van der Waals surface area contributed by atoms with E-state index >= 15 is 0 Å². The lowest BCUT2D eigenvalue weighted by atomic mass is 9.47. The van der Waals surface area contributed by atoms with E-state index in [9.17, 15) is 4.79 Å². The molecule has 230 valence electrons. The zero-order valence-corrected chi connectivity index (χ0v) is 27.1. The molecular weight excluding hydrogens is 496 g/mol. The number of alkyl carbamates (subject to hydrolysis) is 1. The molecule has 8 atom stereocenters. The summed E-state index contributed by atoms with van der Waals surface area (Å²) in [6.45, 7) is 15.0. The van der Waals surface area contributed by atoms with E-state index < -0.39 is 0 Å². The molecule has 3 saturated carbocycles. The number of ether oxygens (including phenoxy) is 2. The summed E-state index contributed by atoms with van der Waals surface area (Å²) in [6.07, 6.45) is 18.0. The molecule has 1 amide bonds. The van der Waals surface area contributed by atoms with Crippen LogP contribution in [-0.2, 0) is 9.47 Å². The van der Waals surface area contributed by atoms with Crippen molar-refractivity contribution >= 4 is 6.09 Å². The summed E-state index contributed by atoms with van der Waals surface area (Å²) in [5.74, 6) is 5.22. The molecule has 4 rings (SSSR count). The first-order chi connectivity index (χ1) is 19.1. The van der Waals surface area contributed by atoms with Gasteiger partial charge in [0, 0.05) is 19.5 Å². The number of likely N-dealkylation sites (N-methyl/N-ethyl adjacent to an activating group) is 1. The van der Waals surface area contributed by atoms with Crippen molar-refractivity contribution in [1.29, 1.82) is 0 Å². The van der Waals surface area contributed by atoms with Gasteiger partial charge in [-0.2, -0.15) is 0 Å². The zero-order chi connectivity index (χ0) is 28.9. The van der Waals surface area contributed by atoms with Crippen LogP contribution in [0.25, 0.3) is 0 Å². The number of allylic oxidation sites excluding steroid dienone is 1. The molecule has 40 heavy (non-hydrogen) atoms. The van der Waals surface area contributed by atoms with Gasteiger partial charge in [0.25, 0.3) is 0 Å². The standard InChI is InChI=1S/C35H62N2O3/c1-8-26(25(2)3)10-9-11-27-13-15-31-30-14-12-28-24-29(40-33(38)36-20-22-39-23-21-37(6)7)16-18-35(28,5)32(30)17-19-34(27,31)4/h12,25-27,29-32H,8-11,13-24H2,1-7H3,(H,36,38)/t26-,27?,29+,30+,31?,32?,34-,35+/m1/s1. The number of nitrogens with zero attached hydrogens (tertiary/aromatic N) is 1. The molecule has 0 aromatic rings. The number of carbonyl (C=O) groups excluding carboxylic acids is 1. The van der Waals surface area contributed by atoms with Crippen LogP contribution >= 0.6 is 0 Å². The smallest absolute Gasteiger partial charge is 0.407 e. The highest BCUT2D eigenvalue weighted by Crippen LogP contribution is 2.66. The van der Waals surface area contributed by atoms with Gasteiger partial charge in [-0.25, -0.2) is 4.79 Å². The quantitative estimate of drug-likeness (QED) is 0.183. The van der Waals surface area contributed by atoms with Crippen LogP contribution in [0.4, 0.5) is 4.79 Å². The Hall–Kier alpha value is -1.07. The van der Waals surface area contributed by atoms with Crippen molar-refractivity contribution in [3.63, 3.8) is 0 Å². The SMILES string of the molecule is CC[C@H](CCCC1CCC2[C@@H]3CC=C4C[C@@H](OC(=O)NCCOCCN(C)C)CC[C@]4(C)C3CC[C@]12C)C(C)C. The van der Waals surface area contributed by atoms with E-state index in [4.69, 9.17) is 9.47 Å². The Balaban J connectivity index is 1.27. The topological polar surface area (TPSA) is 50.8 Å². The van der Waals surface area contributed by atoms with E-state index in [0.29, 0.717) is 30.6 Å². The number of fused-ring (bicyclic) bond motifs is 5. The molecule has 5 nitrogen and oxygen atoms in total. The summed E-state index contributed by atoms with van der Waals surface area (Å²) in [4.78, 5) is 14.5. The lowest BCUT2D eigenvalue weighted by Crippen LogP contribution is -2.50. The van der Waals surface area contributed by atoms with E-state index in [0.717, 1.165) is 61.3 Å². The van der Waals surface area contributed by atoms with Crippen molar-refractivity contribution in [2.45, 2.75) is 118 Å². The number of hydrogen-bond donors (Lipinski definition) is 1. The first-order valence-electron chi connectivity index (χ1n) is 16.9. The monoisotopic (exact) mass is 558 g/mol. The van der Waals surface area contributed by atoms with Gasteiger partial charge in [0.05, 0.1) is 13.2 Å². The second-order valence-electron chi connectivity index (χ2n) is 15.0. The van der Waals surface area contributed by atoms with Crippen molar-refractivity contribution in [2.75, 3.05) is 40.4 Å². The van der Waals surface area contributed by atoms with Crippen molar-refractivity contribution in [1.82, 2.24) is 10.2 Å². The van der Waals surface area contributed by atoms with Gasteiger partial charge in [-0.15, -0.1) is 0 Å². The fourth-order valence-corrected chi connectivity index (χ4v) is 9.71. The molecule has 0 aliphatic heterocycles. The normalized spacial score (nSPS) is 36.0. The molecule has 0 heterocycles.